The van der Waals surface area contributed by atoms with Gasteiger partial charge in [-0.05, 0) is 28.1 Å². The summed E-state index contributed by atoms with van der Waals surface area (Å²) in [4.78, 5) is 0. The normalized spacial score (nSPS) is 20.4. The summed E-state index contributed by atoms with van der Waals surface area (Å²) in [5, 5.41) is 0. The Bertz CT molecular complexity index is 329. The van der Waals surface area contributed by atoms with E-state index in [1.165, 1.54) is 12.1 Å². The Labute approximate surface area is 77.6 Å². The molecular formula is C8H7BrFNO. The summed E-state index contributed by atoms with van der Waals surface area (Å²) in [5.41, 5.74) is 6.41. The first-order chi connectivity index (χ1) is 5.68. The van der Waals surface area contributed by atoms with E-state index >= 15 is 0 Å². The third-order valence-corrected chi connectivity index (χ3v) is 2.43. The molecule has 1 heterocycles. The van der Waals surface area contributed by atoms with Crippen LogP contribution < -0.4 is 10.5 Å². The van der Waals surface area contributed by atoms with Crippen molar-refractivity contribution in [3.8, 4) is 5.75 Å². The summed E-state index contributed by atoms with van der Waals surface area (Å²) in [7, 11) is 0. The molecule has 1 aromatic carbocycles. The van der Waals surface area contributed by atoms with E-state index < -0.39 is 0 Å². The van der Waals surface area contributed by atoms with Gasteiger partial charge in [0, 0.05) is 5.56 Å². The molecule has 0 fully saturated rings. The van der Waals surface area contributed by atoms with Crippen molar-refractivity contribution >= 4 is 15.9 Å². The van der Waals surface area contributed by atoms with Crippen molar-refractivity contribution in [3.05, 3.63) is 28.0 Å². The van der Waals surface area contributed by atoms with Gasteiger partial charge in [-0.2, -0.15) is 0 Å². The van der Waals surface area contributed by atoms with Crippen LogP contribution in [-0.4, -0.2) is 6.61 Å². The number of hydrogen-bond donors (Lipinski definition) is 1. The van der Waals surface area contributed by atoms with Crippen LogP contribution in [0.3, 0.4) is 0 Å². The van der Waals surface area contributed by atoms with Crippen LogP contribution in [-0.2, 0) is 0 Å². The highest BCUT2D eigenvalue weighted by Crippen LogP contribution is 2.37. The van der Waals surface area contributed by atoms with Gasteiger partial charge >= 0.3 is 0 Å². The van der Waals surface area contributed by atoms with E-state index in [2.05, 4.69) is 15.9 Å². The fraction of sp³-hybridized carbons (Fsp3) is 0.250. The van der Waals surface area contributed by atoms with E-state index in [1.807, 2.05) is 0 Å². The van der Waals surface area contributed by atoms with Crippen LogP contribution in [0.4, 0.5) is 4.39 Å². The molecule has 0 radical (unpaired) electrons. The molecule has 64 valence electrons. The summed E-state index contributed by atoms with van der Waals surface area (Å²) in [5.74, 6) is 0.380. The topological polar surface area (TPSA) is 35.2 Å². The second kappa shape index (κ2) is 2.71. The van der Waals surface area contributed by atoms with Crippen LogP contribution in [0.5, 0.6) is 5.75 Å². The summed E-state index contributed by atoms with van der Waals surface area (Å²) in [6.45, 7) is 0.428. The van der Waals surface area contributed by atoms with Crippen molar-refractivity contribution in [1.29, 1.82) is 0 Å². The van der Waals surface area contributed by atoms with Crippen molar-refractivity contribution in [3.63, 3.8) is 0 Å². The van der Waals surface area contributed by atoms with Crippen molar-refractivity contribution in [2.24, 2.45) is 5.73 Å². The van der Waals surface area contributed by atoms with Gasteiger partial charge in [-0.1, -0.05) is 0 Å². The number of fused-ring (bicyclic) bond motifs is 1. The monoisotopic (exact) mass is 231 g/mol. The molecule has 2 nitrogen and oxygen atoms in total. The van der Waals surface area contributed by atoms with Gasteiger partial charge in [0.2, 0.25) is 0 Å². The number of halogens is 2. The van der Waals surface area contributed by atoms with E-state index in [0.29, 0.717) is 16.8 Å². The number of benzene rings is 1. The van der Waals surface area contributed by atoms with Gasteiger partial charge in [-0.15, -0.1) is 0 Å². The lowest BCUT2D eigenvalue weighted by Gasteiger charge is -2.02. The van der Waals surface area contributed by atoms with Gasteiger partial charge in [0.25, 0.3) is 0 Å². The van der Waals surface area contributed by atoms with Gasteiger partial charge < -0.3 is 10.5 Å². The highest BCUT2D eigenvalue weighted by atomic mass is 79.9. The lowest BCUT2D eigenvalue weighted by atomic mass is 10.1. The molecule has 0 amide bonds. The van der Waals surface area contributed by atoms with Crippen LogP contribution in [0, 0.1) is 5.82 Å². The van der Waals surface area contributed by atoms with Crippen molar-refractivity contribution < 1.29 is 9.13 Å². The number of hydrogen-bond acceptors (Lipinski definition) is 2. The Kier molecular flexibility index (Phi) is 1.81. The fourth-order valence-corrected chi connectivity index (χ4v) is 1.83. The van der Waals surface area contributed by atoms with Gasteiger partial charge in [0.15, 0.2) is 0 Å². The summed E-state index contributed by atoms with van der Waals surface area (Å²) < 4.78 is 18.7. The van der Waals surface area contributed by atoms with Gasteiger partial charge in [0.1, 0.15) is 18.2 Å². The molecule has 4 heteroatoms. The third-order valence-electron chi connectivity index (χ3n) is 1.84. The molecule has 1 aliphatic heterocycles. The molecule has 0 bridgehead atoms. The standard InChI is InChI=1S/C8H7BrFNO/c9-6-2-4(10)1-5-7(11)3-12-8(5)6/h1-2,7H,3,11H2/t7-/m0/s1. The summed E-state index contributed by atoms with van der Waals surface area (Å²) in [6.07, 6.45) is 0. The molecule has 0 saturated heterocycles. The quantitative estimate of drug-likeness (QED) is 0.742. The van der Waals surface area contributed by atoms with Gasteiger partial charge in [0.05, 0.1) is 10.5 Å². The first-order valence-electron chi connectivity index (χ1n) is 3.56. The minimum absolute atomic E-state index is 0.202. The molecule has 1 aromatic rings. The fourth-order valence-electron chi connectivity index (χ4n) is 1.27. The van der Waals surface area contributed by atoms with Crippen molar-refractivity contribution in [1.82, 2.24) is 0 Å². The summed E-state index contributed by atoms with van der Waals surface area (Å²) >= 11 is 3.21. The van der Waals surface area contributed by atoms with E-state index in [0.717, 1.165) is 5.56 Å². The zero-order valence-corrected chi connectivity index (χ0v) is 7.77. The lowest BCUT2D eigenvalue weighted by molar-refractivity contribution is 0.331. The Hall–Kier alpha value is -0.610. The molecule has 2 rings (SSSR count). The lowest BCUT2D eigenvalue weighted by Crippen LogP contribution is -2.10. The molecule has 12 heavy (non-hydrogen) atoms. The maximum absolute atomic E-state index is 12.9. The van der Waals surface area contributed by atoms with Crippen molar-refractivity contribution in [2.45, 2.75) is 6.04 Å². The van der Waals surface area contributed by atoms with Crippen LogP contribution in [0.1, 0.15) is 11.6 Å². The zero-order chi connectivity index (χ0) is 8.72. The Balaban J connectivity index is 2.60. The minimum Gasteiger partial charge on any atom is -0.490 e. The Morgan fingerprint density at radius 3 is 3.08 bits per heavy atom. The Morgan fingerprint density at radius 2 is 2.33 bits per heavy atom. The molecule has 0 unspecified atom stereocenters. The molecule has 0 aliphatic carbocycles. The van der Waals surface area contributed by atoms with Crippen LogP contribution >= 0.6 is 15.9 Å². The average molecular weight is 232 g/mol. The molecule has 0 spiro atoms. The van der Waals surface area contributed by atoms with Gasteiger partial charge in [-0.3, -0.25) is 0 Å². The second-order valence-electron chi connectivity index (χ2n) is 2.72. The number of nitrogens with two attached hydrogens (primary N) is 1. The maximum Gasteiger partial charge on any atom is 0.138 e. The van der Waals surface area contributed by atoms with Crippen molar-refractivity contribution in [2.75, 3.05) is 6.61 Å². The van der Waals surface area contributed by atoms with Crippen LogP contribution in [0.15, 0.2) is 16.6 Å². The maximum atomic E-state index is 12.9. The van der Waals surface area contributed by atoms with Crippen LogP contribution in [0.25, 0.3) is 0 Å². The largest absolute Gasteiger partial charge is 0.490 e. The van der Waals surface area contributed by atoms with Gasteiger partial charge in [-0.25, -0.2) is 4.39 Å². The smallest absolute Gasteiger partial charge is 0.138 e. The molecular weight excluding hydrogens is 225 g/mol. The third kappa shape index (κ3) is 1.11. The van der Waals surface area contributed by atoms with Crippen LogP contribution in [0.2, 0.25) is 0 Å². The molecule has 2 N–H and O–H groups in total. The van der Waals surface area contributed by atoms with E-state index in [1.54, 1.807) is 0 Å². The highest BCUT2D eigenvalue weighted by molar-refractivity contribution is 9.10. The molecule has 1 aliphatic rings. The molecule has 0 aromatic heterocycles. The van der Waals surface area contributed by atoms with E-state index in [4.69, 9.17) is 10.5 Å². The average Bonchev–Trinajstić information content (AvgIpc) is 2.33. The van der Waals surface area contributed by atoms with E-state index in [9.17, 15) is 4.39 Å². The number of ether oxygens (including phenoxy) is 1. The Morgan fingerprint density at radius 1 is 1.58 bits per heavy atom. The predicted octanol–water partition coefficient (Wildman–Crippen LogP) is 1.98. The number of rotatable bonds is 0. The predicted molar refractivity (Wildman–Crippen MR) is 46.5 cm³/mol. The second-order valence-corrected chi connectivity index (χ2v) is 3.58. The SMILES string of the molecule is N[C@H]1COc2c(Br)cc(F)cc21. The minimum atomic E-state index is -0.290. The first-order valence-corrected chi connectivity index (χ1v) is 4.35. The molecule has 0 saturated carbocycles. The van der Waals surface area contributed by atoms with E-state index in [-0.39, 0.29) is 11.9 Å². The summed E-state index contributed by atoms with van der Waals surface area (Å²) in [6, 6.07) is 2.58. The first kappa shape index (κ1) is 8.01. The zero-order valence-electron chi connectivity index (χ0n) is 6.18. The highest BCUT2D eigenvalue weighted by Gasteiger charge is 2.23. The molecule has 1 atom stereocenters.